The largest absolute Gasteiger partial charge is 0.379 e. The van der Waals surface area contributed by atoms with Crippen molar-refractivity contribution in [1.29, 1.82) is 0 Å². The van der Waals surface area contributed by atoms with Crippen molar-refractivity contribution in [2.45, 2.75) is 52.2 Å². The Balaban J connectivity index is 3.49. The summed E-state index contributed by atoms with van der Waals surface area (Å²) in [5, 5.41) is 0. The third-order valence-electron chi connectivity index (χ3n) is 2.22. The normalized spacial score (nSPS) is 13.8. The monoisotopic (exact) mass is 174 g/mol. The lowest BCUT2D eigenvalue weighted by molar-refractivity contribution is -0.0304. The highest BCUT2D eigenvalue weighted by Gasteiger charge is 2.08. The van der Waals surface area contributed by atoms with Gasteiger partial charge in [0.2, 0.25) is 0 Å². The van der Waals surface area contributed by atoms with Crippen LogP contribution in [0.4, 0.5) is 0 Å². The minimum Gasteiger partial charge on any atom is -0.379 e. The minimum atomic E-state index is 0.269. The Bertz CT molecular complexity index is 73.8. The summed E-state index contributed by atoms with van der Waals surface area (Å²) in [7, 11) is 1.74. The van der Waals surface area contributed by atoms with Crippen LogP contribution >= 0.6 is 0 Å². The van der Waals surface area contributed by atoms with E-state index in [-0.39, 0.29) is 6.10 Å². The molecule has 0 aliphatic heterocycles. The second kappa shape index (κ2) is 7.56. The molecule has 0 N–H and O–H groups in total. The van der Waals surface area contributed by atoms with E-state index in [1.807, 2.05) is 0 Å². The molecule has 2 nitrogen and oxygen atoms in total. The summed E-state index contributed by atoms with van der Waals surface area (Å²) in [6.07, 6.45) is 3.89. The molecule has 0 radical (unpaired) electrons. The fourth-order valence-electron chi connectivity index (χ4n) is 1.12. The van der Waals surface area contributed by atoms with Crippen molar-refractivity contribution in [1.82, 2.24) is 0 Å². The highest BCUT2D eigenvalue weighted by atomic mass is 16.5. The van der Waals surface area contributed by atoms with Gasteiger partial charge in [0.05, 0.1) is 18.8 Å². The Hall–Kier alpha value is -0.0800. The molecule has 0 spiro atoms. The summed E-state index contributed by atoms with van der Waals surface area (Å²) < 4.78 is 10.9. The molecule has 0 aromatic heterocycles. The molecule has 74 valence electrons. The molecule has 12 heavy (non-hydrogen) atoms. The molecule has 1 unspecified atom stereocenters. The molecule has 0 fully saturated rings. The first-order valence-electron chi connectivity index (χ1n) is 4.92. The van der Waals surface area contributed by atoms with Crippen molar-refractivity contribution in [2.75, 3.05) is 13.7 Å². The van der Waals surface area contributed by atoms with E-state index in [4.69, 9.17) is 9.47 Å². The summed E-state index contributed by atoms with van der Waals surface area (Å²) in [4.78, 5) is 0. The number of methoxy groups -OCH3 is 1. The molecule has 0 aliphatic rings. The maximum atomic E-state index is 5.66. The van der Waals surface area contributed by atoms with Crippen LogP contribution in [0.15, 0.2) is 0 Å². The molecule has 0 aromatic carbocycles. The summed E-state index contributed by atoms with van der Waals surface area (Å²) in [6.45, 7) is 7.16. The molecule has 0 amide bonds. The van der Waals surface area contributed by atoms with Crippen molar-refractivity contribution in [2.24, 2.45) is 0 Å². The van der Waals surface area contributed by atoms with Crippen LogP contribution in [0.1, 0.15) is 40.0 Å². The zero-order chi connectivity index (χ0) is 9.40. The van der Waals surface area contributed by atoms with Gasteiger partial charge in [-0.2, -0.15) is 0 Å². The third-order valence-corrected chi connectivity index (χ3v) is 2.22. The van der Waals surface area contributed by atoms with E-state index in [0.29, 0.717) is 6.10 Å². The van der Waals surface area contributed by atoms with Crippen LogP contribution in [-0.4, -0.2) is 25.9 Å². The Kier molecular flexibility index (Phi) is 7.51. The van der Waals surface area contributed by atoms with E-state index in [1.54, 1.807) is 7.11 Å². The van der Waals surface area contributed by atoms with Gasteiger partial charge in [0.1, 0.15) is 0 Å². The molecule has 1 atom stereocenters. The maximum absolute atomic E-state index is 5.66. The lowest BCUT2D eigenvalue weighted by Gasteiger charge is -2.18. The van der Waals surface area contributed by atoms with E-state index >= 15 is 0 Å². The van der Waals surface area contributed by atoms with Crippen LogP contribution in [0.5, 0.6) is 0 Å². The average Bonchev–Trinajstić information content (AvgIpc) is 2.13. The van der Waals surface area contributed by atoms with Crippen LogP contribution in [0.25, 0.3) is 0 Å². The Morgan fingerprint density at radius 2 is 1.42 bits per heavy atom. The van der Waals surface area contributed by atoms with Gasteiger partial charge in [-0.25, -0.2) is 0 Å². The SMILES string of the molecule is CCC(COC(CC)CC)OC. The van der Waals surface area contributed by atoms with Gasteiger partial charge in [0.15, 0.2) is 0 Å². The van der Waals surface area contributed by atoms with E-state index in [2.05, 4.69) is 20.8 Å². The van der Waals surface area contributed by atoms with E-state index in [9.17, 15) is 0 Å². The first-order valence-corrected chi connectivity index (χ1v) is 4.92. The molecule has 0 rings (SSSR count). The van der Waals surface area contributed by atoms with Crippen LogP contribution in [0.3, 0.4) is 0 Å². The fraction of sp³-hybridized carbons (Fsp3) is 1.00. The second-order valence-corrected chi connectivity index (χ2v) is 3.04. The van der Waals surface area contributed by atoms with Gasteiger partial charge >= 0.3 is 0 Å². The van der Waals surface area contributed by atoms with Crippen molar-refractivity contribution >= 4 is 0 Å². The second-order valence-electron chi connectivity index (χ2n) is 3.04. The smallest absolute Gasteiger partial charge is 0.0802 e. The molecule has 0 aliphatic carbocycles. The molecule has 0 heterocycles. The molecular weight excluding hydrogens is 152 g/mol. The quantitative estimate of drug-likeness (QED) is 0.590. The zero-order valence-corrected chi connectivity index (χ0v) is 8.80. The van der Waals surface area contributed by atoms with Gasteiger partial charge in [0.25, 0.3) is 0 Å². The topological polar surface area (TPSA) is 18.5 Å². The molecular formula is C10H22O2. The maximum Gasteiger partial charge on any atom is 0.0802 e. The summed E-state index contributed by atoms with van der Waals surface area (Å²) >= 11 is 0. The predicted octanol–water partition coefficient (Wildman–Crippen LogP) is 2.62. The van der Waals surface area contributed by atoms with Gasteiger partial charge in [-0.15, -0.1) is 0 Å². The van der Waals surface area contributed by atoms with Crippen molar-refractivity contribution in [3.63, 3.8) is 0 Å². The van der Waals surface area contributed by atoms with Gasteiger partial charge in [-0.05, 0) is 19.3 Å². The highest BCUT2D eigenvalue weighted by molar-refractivity contribution is 4.56. The predicted molar refractivity (Wildman–Crippen MR) is 51.4 cm³/mol. The number of hydrogen-bond donors (Lipinski definition) is 0. The average molecular weight is 174 g/mol. The van der Waals surface area contributed by atoms with Gasteiger partial charge in [0, 0.05) is 7.11 Å². The third kappa shape index (κ3) is 4.73. The number of rotatable bonds is 7. The number of ether oxygens (including phenoxy) is 2. The Morgan fingerprint density at radius 3 is 1.75 bits per heavy atom. The highest BCUT2D eigenvalue weighted by Crippen LogP contribution is 2.05. The van der Waals surface area contributed by atoms with E-state index < -0.39 is 0 Å². The Morgan fingerprint density at radius 1 is 0.917 bits per heavy atom. The van der Waals surface area contributed by atoms with E-state index in [0.717, 1.165) is 25.9 Å². The molecule has 0 saturated carbocycles. The van der Waals surface area contributed by atoms with Crippen LogP contribution in [0, 0.1) is 0 Å². The van der Waals surface area contributed by atoms with Crippen LogP contribution in [0.2, 0.25) is 0 Å². The fourth-order valence-corrected chi connectivity index (χ4v) is 1.12. The Labute approximate surface area is 76.3 Å². The standard InChI is InChI=1S/C10H22O2/c1-5-9(6-2)12-8-10(7-3)11-4/h9-10H,5-8H2,1-4H3. The zero-order valence-electron chi connectivity index (χ0n) is 8.80. The van der Waals surface area contributed by atoms with Gasteiger partial charge < -0.3 is 9.47 Å². The molecule has 0 bridgehead atoms. The minimum absolute atomic E-state index is 0.269. The summed E-state index contributed by atoms with van der Waals surface area (Å²) in [5.41, 5.74) is 0. The lowest BCUT2D eigenvalue weighted by atomic mass is 10.2. The van der Waals surface area contributed by atoms with Gasteiger partial charge in [-0.3, -0.25) is 0 Å². The summed E-state index contributed by atoms with van der Waals surface area (Å²) in [6, 6.07) is 0. The molecule has 0 saturated heterocycles. The van der Waals surface area contributed by atoms with Crippen molar-refractivity contribution in [3.05, 3.63) is 0 Å². The summed E-state index contributed by atoms with van der Waals surface area (Å²) in [5.74, 6) is 0. The first kappa shape index (κ1) is 11.9. The lowest BCUT2D eigenvalue weighted by Crippen LogP contribution is -2.22. The number of hydrogen-bond acceptors (Lipinski definition) is 2. The van der Waals surface area contributed by atoms with Gasteiger partial charge in [-0.1, -0.05) is 20.8 Å². The first-order chi connectivity index (χ1) is 5.78. The van der Waals surface area contributed by atoms with Crippen molar-refractivity contribution in [3.8, 4) is 0 Å². The van der Waals surface area contributed by atoms with Crippen molar-refractivity contribution < 1.29 is 9.47 Å². The van der Waals surface area contributed by atoms with Crippen LogP contribution < -0.4 is 0 Å². The molecule has 0 aromatic rings. The van der Waals surface area contributed by atoms with Crippen LogP contribution in [-0.2, 0) is 9.47 Å². The van der Waals surface area contributed by atoms with E-state index in [1.165, 1.54) is 0 Å². The molecule has 2 heteroatoms.